The lowest BCUT2D eigenvalue weighted by molar-refractivity contribution is -0.131. The van der Waals surface area contributed by atoms with Crippen LogP contribution in [-0.4, -0.2) is 76.0 Å². The molecule has 1 aromatic heterocycles. The minimum atomic E-state index is -0.0221. The number of aromatic nitrogens is 2. The molecule has 4 rings (SSSR count). The van der Waals surface area contributed by atoms with E-state index in [0.29, 0.717) is 31.6 Å². The van der Waals surface area contributed by atoms with Gasteiger partial charge in [0, 0.05) is 56.9 Å². The maximum Gasteiger partial charge on any atom is 0.274 e. The fourth-order valence-corrected chi connectivity index (χ4v) is 4.09. The first kappa shape index (κ1) is 19.6. The summed E-state index contributed by atoms with van der Waals surface area (Å²) in [6.07, 6.45) is 1.09. The van der Waals surface area contributed by atoms with Gasteiger partial charge in [-0.2, -0.15) is 5.10 Å². The summed E-state index contributed by atoms with van der Waals surface area (Å²) in [5, 5.41) is 7.37. The van der Waals surface area contributed by atoms with Gasteiger partial charge in [0.15, 0.2) is 5.69 Å². The summed E-state index contributed by atoms with van der Waals surface area (Å²) in [6, 6.07) is 8.07. The largest absolute Gasteiger partial charge is 0.338 e. The Kier molecular flexibility index (Phi) is 5.67. The molecule has 1 fully saturated rings. The lowest BCUT2D eigenvalue weighted by Crippen LogP contribution is -2.48. The summed E-state index contributed by atoms with van der Waals surface area (Å²) in [4.78, 5) is 32.0. The first-order chi connectivity index (χ1) is 14.0. The number of nitrogens with one attached hydrogen (secondary N) is 1. The Morgan fingerprint density at radius 2 is 1.76 bits per heavy atom. The molecule has 0 bridgehead atoms. The fourth-order valence-electron chi connectivity index (χ4n) is 4.09. The van der Waals surface area contributed by atoms with Crippen molar-refractivity contribution in [1.29, 1.82) is 0 Å². The maximum absolute atomic E-state index is 13.0. The van der Waals surface area contributed by atoms with Crippen molar-refractivity contribution in [3.63, 3.8) is 0 Å². The molecule has 3 heterocycles. The number of fused-ring (bicyclic) bond motifs is 1. The van der Waals surface area contributed by atoms with Crippen molar-refractivity contribution in [2.75, 3.05) is 39.3 Å². The van der Waals surface area contributed by atoms with Gasteiger partial charge in [-0.25, -0.2) is 0 Å². The van der Waals surface area contributed by atoms with Crippen LogP contribution in [0.1, 0.15) is 39.8 Å². The molecule has 1 saturated heterocycles. The summed E-state index contributed by atoms with van der Waals surface area (Å²) in [5.41, 5.74) is 4.56. The van der Waals surface area contributed by atoms with E-state index < -0.39 is 0 Å². The second-order valence-electron chi connectivity index (χ2n) is 7.98. The van der Waals surface area contributed by atoms with Crippen LogP contribution in [0, 0.1) is 6.92 Å². The molecule has 7 heteroatoms. The van der Waals surface area contributed by atoms with Crippen molar-refractivity contribution in [2.45, 2.75) is 33.2 Å². The van der Waals surface area contributed by atoms with Gasteiger partial charge in [0.05, 0.1) is 6.42 Å². The number of carbonyl (C=O) groups is 2. The first-order valence-corrected chi connectivity index (χ1v) is 10.5. The minimum absolute atomic E-state index is 0.0221. The number of nitrogens with zero attached hydrogens (tertiary/aromatic N) is 4. The van der Waals surface area contributed by atoms with Gasteiger partial charge in [-0.1, -0.05) is 36.8 Å². The number of H-pyrrole nitrogens is 1. The molecule has 0 aliphatic carbocycles. The van der Waals surface area contributed by atoms with Crippen molar-refractivity contribution in [3.05, 3.63) is 52.3 Å². The lowest BCUT2D eigenvalue weighted by atomic mass is 10.0. The molecular formula is C22H29N5O2. The Morgan fingerprint density at radius 3 is 2.45 bits per heavy atom. The van der Waals surface area contributed by atoms with Gasteiger partial charge in [-0.05, 0) is 19.0 Å². The van der Waals surface area contributed by atoms with E-state index >= 15 is 0 Å². The van der Waals surface area contributed by atoms with Crippen molar-refractivity contribution < 1.29 is 9.59 Å². The number of carbonyl (C=O) groups excluding carboxylic acids is 2. The van der Waals surface area contributed by atoms with Crippen LogP contribution >= 0.6 is 0 Å². The molecule has 2 aliphatic rings. The highest BCUT2D eigenvalue weighted by molar-refractivity contribution is 5.94. The predicted molar refractivity (Wildman–Crippen MR) is 111 cm³/mol. The molecule has 0 radical (unpaired) electrons. The number of hydrogen-bond acceptors (Lipinski definition) is 4. The highest BCUT2D eigenvalue weighted by Crippen LogP contribution is 2.23. The molecule has 0 saturated carbocycles. The van der Waals surface area contributed by atoms with Gasteiger partial charge in [-0.15, -0.1) is 0 Å². The predicted octanol–water partition coefficient (Wildman–Crippen LogP) is 1.62. The minimum Gasteiger partial charge on any atom is -0.338 e. The molecule has 1 N–H and O–H groups in total. The summed E-state index contributed by atoms with van der Waals surface area (Å²) in [5.74, 6) is 0.0711. The highest BCUT2D eigenvalue weighted by atomic mass is 16.2. The quantitative estimate of drug-likeness (QED) is 0.854. The normalized spacial score (nSPS) is 17.3. The Labute approximate surface area is 171 Å². The summed E-state index contributed by atoms with van der Waals surface area (Å²) in [7, 11) is 0. The molecule has 2 aliphatic heterocycles. The third kappa shape index (κ3) is 4.19. The summed E-state index contributed by atoms with van der Waals surface area (Å²) >= 11 is 0. The van der Waals surface area contributed by atoms with E-state index in [-0.39, 0.29) is 11.8 Å². The van der Waals surface area contributed by atoms with E-state index in [1.807, 2.05) is 41.0 Å². The highest BCUT2D eigenvalue weighted by Gasteiger charge is 2.31. The van der Waals surface area contributed by atoms with Crippen LogP contribution in [0.4, 0.5) is 0 Å². The van der Waals surface area contributed by atoms with Crippen molar-refractivity contribution in [1.82, 2.24) is 24.9 Å². The Balaban J connectivity index is 1.44. The average molecular weight is 396 g/mol. The molecule has 2 amide bonds. The van der Waals surface area contributed by atoms with E-state index in [0.717, 1.165) is 49.5 Å². The number of hydrogen-bond donors (Lipinski definition) is 1. The zero-order chi connectivity index (χ0) is 20.4. The lowest BCUT2D eigenvalue weighted by Gasteiger charge is -2.34. The van der Waals surface area contributed by atoms with E-state index in [9.17, 15) is 9.59 Å². The zero-order valence-electron chi connectivity index (χ0n) is 17.3. The van der Waals surface area contributed by atoms with Gasteiger partial charge in [-0.3, -0.25) is 14.7 Å². The smallest absolute Gasteiger partial charge is 0.274 e. The SMILES string of the molecule is CCN1CCN(C(=O)c2n[nH]c3c2CN(C(=O)Cc2ccc(C)cc2)CC3)CC1. The number of aromatic amines is 1. The number of amides is 2. The van der Waals surface area contributed by atoms with Crippen LogP contribution < -0.4 is 0 Å². The molecule has 0 atom stereocenters. The third-order valence-electron chi connectivity index (χ3n) is 6.07. The Bertz CT molecular complexity index is 881. The monoisotopic (exact) mass is 395 g/mol. The molecular weight excluding hydrogens is 366 g/mol. The molecule has 1 aromatic carbocycles. The van der Waals surface area contributed by atoms with E-state index in [1.165, 1.54) is 5.56 Å². The number of rotatable bonds is 4. The van der Waals surface area contributed by atoms with Gasteiger partial charge in [0.25, 0.3) is 5.91 Å². The fraction of sp³-hybridized carbons (Fsp3) is 0.500. The van der Waals surface area contributed by atoms with Crippen molar-refractivity contribution >= 4 is 11.8 Å². The second kappa shape index (κ2) is 8.37. The molecule has 0 unspecified atom stereocenters. The number of benzene rings is 1. The zero-order valence-corrected chi connectivity index (χ0v) is 17.3. The maximum atomic E-state index is 13.0. The van der Waals surface area contributed by atoms with E-state index in [1.54, 1.807) is 0 Å². The average Bonchev–Trinajstić information content (AvgIpc) is 3.18. The van der Waals surface area contributed by atoms with Crippen LogP contribution in [0.2, 0.25) is 0 Å². The van der Waals surface area contributed by atoms with Crippen molar-refractivity contribution in [2.24, 2.45) is 0 Å². The Hall–Kier alpha value is -2.67. The van der Waals surface area contributed by atoms with Gasteiger partial charge < -0.3 is 14.7 Å². The van der Waals surface area contributed by atoms with Gasteiger partial charge in [0.1, 0.15) is 0 Å². The van der Waals surface area contributed by atoms with Crippen molar-refractivity contribution in [3.8, 4) is 0 Å². The van der Waals surface area contributed by atoms with Crippen LogP contribution in [0.5, 0.6) is 0 Å². The topological polar surface area (TPSA) is 72.5 Å². The number of aryl methyl sites for hydroxylation is 1. The molecule has 2 aromatic rings. The van der Waals surface area contributed by atoms with Crippen LogP contribution in [0.3, 0.4) is 0 Å². The van der Waals surface area contributed by atoms with Crippen LogP contribution in [-0.2, 0) is 24.2 Å². The van der Waals surface area contributed by atoms with E-state index in [2.05, 4.69) is 22.0 Å². The third-order valence-corrected chi connectivity index (χ3v) is 6.07. The summed E-state index contributed by atoms with van der Waals surface area (Å²) in [6.45, 7) is 9.55. The van der Waals surface area contributed by atoms with Gasteiger partial charge >= 0.3 is 0 Å². The first-order valence-electron chi connectivity index (χ1n) is 10.5. The van der Waals surface area contributed by atoms with E-state index in [4.69, 9.17) is 0 Å². The number of likely N-dealkylation sites (N-methyl/N-ethyl adjacent to an activating group) is 1. The van der Waals surface area contributed by atoms with Crippen LogP contribution in [0.25, 0.3) is 0 Å². The summed E-state index contributed by atoms with van der Waals surface area (Å²) < 4.78 is 0. The molecule has 29 heavy (non-hydrogen) atoms. The van der Waals surface area contributed by atoms with Gasteiger partial charge in [0.2, 0.25) is 5.91 Å². The Morgan fingerprint density at radius 1 is 1.03 bits per heavy atom. The molecule has 0 spiro atoms. The number of piperazine rings is 1. The second-order valence-corrected chi connectivity index (χ2v) is 7.98. The molecule has 7 nitrogen and oxygen atoms in total. The van der Waals surface area contributed by atoms with Crippen LogP contribution in [0.15, 0.2) is 24.3 Å². The molecule has 154 valence electrons. The standard InChI is InChI=1S/C22H29N5O2/c1-3-25-10-12-26(13-11-25)22(29)21-18-15-27(9-8-19(18)23-24-21)20(28)14-17-6-4-16(2)5-7-17/h4-7H,3,8-15H2,1-2H3,(H,23,24).